The molecule has 0 spiro atoms. The molecule has 0 saturated heterocycles. The van der Waals surface area contributed by atoms with Crippen LogP contribution in [-0.4, -0.2) is 33.1 Å². The fourth-order valence-electron chi connectivity index (χ4n) is 2.08. The maximum absolute atomic E-state index is 12.2. The van der Waals surface area contributed by atoms with Crippen molar-refractivity contribution in [3.8, 4) is 0 Å². The lowest BCUT2D eigenvalue weighted by Gasteiger charge is -2.16. The van der Waals surface area contributed by atoms with Crippen molar-refractivity contribution in [2.24, 2.45) is 0 Å². The van der Waals surface area contributed by atoms with Crippen LogP contribution in [0.1, 0.15) is 25.2 Å². The van der Waals surface area contributed by atoms with Gasteiger partial charge in [-0.25, -0.2) is 4.79 Å². The minimum atomic E-state index is -4.39. The van der Waals surface area contributed by atoms with Gasteiger partial charge in [0.25, 0.3) is 0 Å². The number of rotatable bonds is 6. The van der Waals surface area contributed by atoms with Crippen LogP contribution in [0.15, 0.2) is 35.2 Å². The van der Waals surface area contributed by atoms with Gasteiger partial charge in [-0.05, 0) is 19.1 Å². The monoisotopic (exact) mass is 346 g/mol. The van der Waals surface area contributed by atoms with Gasteiger partial charge in [-0.15, -0.1) is 0 Å². The number of aliphatic hydroxyl groups is 1. The van der Waals surface area contributed by atoms with Crippen LogP contribution < -0.4 is 10.6 Å². The van der Waals surface area contributed by atoms with Crippen LogP contribution in [0.25, 0.3) is 0 Å². The van der Waals surface area contributed by atoms with Crippen LogP contribution in [0.3, 0.4) is 0 Å². The zero-order chi connectivity index (χ0) is 17.7. The molecule has 3 N–H and O–H groups in total. The number of amides is 2. The molecule has 0 bridgehead atoms. The van der Waals surface area contributed by atoms with E-state index >= 15 is 0 Å². The molecule has 2 rings (SSSR count). The Morgan fingerprint density at radius 1 is 1.50 bits per heavy atom. The summed E-state index contributed by atoms with van der Waals surface area (Å²) in [6, 6.07) is 2.25. The highest BCUT2D eigenvalue weighted by molar-refractivity contribution is 5.89. The van der Waals surface area contributed by atoms with E-state index in [2.05, 4.69) is 15.7 Å². The van der Waals surface area contributed by atoms with Crippen LogP contribution in [0, 0.1) is 0 Å². The number of hydrogen-bond donors (Lipinski definition) is 3. The average Bonchev–Trinajstić information content (AvgIpc) is 3.08. The predicted octanol–water partition coefficient (Wildman–Crippen LogP) is 2.67. The van der Waals surface area contributed by atoms with Crippen molar-refractivity contribution >= 4 is 11.7 Å². The van der Waals surface area contributed by atoms with E-state index in [0.717, 1.165) is 12.4 Å². The van der Waals surface area contributed by atoms with E-state index in [9.17, 15) is 23.1 Å². The molecule has 0 aliphatic carbocycles. The van der Waals surface area contributed by atoms with Crippen molar-refractivity contribution in [1.82, 2.24) is 15.1 Å². The Morgan fingerprint density at radius 3 is 2.88 bits per heavy atom. The maximum atomic E-state index is 12.2. The Labute approximate surface area is 135 Å². The molecule has 0 unspecified atom stereocenters. The minimum absolute atomic E-state index is 0.135. The number of nitrogens with one attached hydrogen (secondary N) is 2. The molecule has 10 heteroatoms. The third kappa shape index (κ3) is 5.61. The summed E-state index contributed by atoms with van der Waals surface area (Å²) in [7, 11) is 0. The molecule has 0 radical (unpaired) electrons. The fraction of sp³-hybridized carbons (Fsp3) is 0.429. The summed E-state index contributed by atoms with van der Waals surface area (Å²) in [5.41, 5.74) is 0.135. The molecule has 0 aliphatic rings. The van der Waals surface area contributed by atoms with E-state index in [4.69, 9.17) is 4.42 Å². The van der Waals surface area contributed by atoms with Crippen LogP contribution in [0.4, 0.5) is 23.7 Å². The number of carbonyl (C=O) groups excluding carboxylic acids is 1. The SMILES string of the molecule is C[C@@H](C[C@@H](O)c1ccco1)NC(=O)Nc1cnn(CC(F)(F)F)c1. The molecule has 0 saturated carbocycles. The van der Waals surface area contributed by atoms with E-state index in [-0.39, 0.29) is 12.1 Å². The van der Waals surface area contributed by atoms with E-state index in [1.165, 1.54) is 6.26 Å². The van der Waals surface area contributed by atoms with Gasteiger partial charge in [-0.2, -0.15) is 18.3 Å². The highest BCUT2D eigenvalue weighted by Gasteiger charge is 2.28. The largest absolute Gasteiger partial charge is 0.467 e. The summed E-state index contributed by atoms with van der Waals surface area (Å²) in [5, 5.41) is 18.4. The molecule has 0 aliphatic heterocycles. The van der Waals surface area contributed by atoms with Crippen molar-refractivity contribution in [2.45, 2.75) is 38.2 Å². The first-order valence-electron chi connectivity index (χ1n) is 7.11. The number of aromatic nitrogens is 2. The number of furan rings is 1. The molecule has 2 amide bonds. The Kier molecular flexibility index (Phi) is 5.50. The third-order valence-electron chi connectivity index (χ3n) is 3.06. The maximum Gasteiger partial charge on any atom is 0.408 e. The van der Waals surface area contributed by atoms with Crippen LogP contribution in [-0.2, 0) is 6.54 Å². The zero-order valence-corrected chi connectivity index (χ0v) is 12.7. The van der Waals surface area contributed by atoms with Gasteiger partial charge in [0.15, 0.2) is 0 Å². The van der Waals surface area contributed by atoms with Gasteiger partial charge in [-0.3, -0.25) is 4.68 Å². The fourth-order valence-corrected chi connectivity index (χ4v) is 2.08. The van der Waals surface area contributed by atoms with Gasteiger partial charge in [0, 0.05) is 18.7 Å². The normalized spacial score (nSPS) is 14.2. The predicted molar refractivity (Wildman–Crippen MR) is 78.2 cm³/mol. The summed E-state index contributed by atoms with van der Waals surface area (Å²) in [5.74, 6) is 0.387. The van der Waals surface area contributed by atoms with Crippen molar-refractivity contribution in [3.63, 3.8) is 0 Å². The topological polar surface area (TPSA) is 92.3 Å². The molecule has 0 fully saturated rings. The molecule has 2 atom stereocenters. The molecule has 2 heterocycles. The van der Waals surface area contributed by atoms with Crippen LogP contribution in [0.5, 0.6) is 0 Å². The van der Waals surface area contributed by atoms with E-state index in [1.54, 1.807) is 19.1 Å². The first-order valence-corrected chi connectivity index (χ1v) is 7.11. The zero-order valence-electron chi connectivity index (χ0n) is 12.7. The molecule has 0 aromatic carbocycles. The minimum Gasteiger partial charge on any atom is -0.467 e. The van der Waals surface area contributed by atoms with Crippen LogP contribution >= 0.6 is 0 Å². The van der Waals surface area contributed by atoms with Gasteiger partial charge < -0.3 is 20.2 Å². The first-order chi connectivity index (χ1) is 11.2. The smallest absolute Gasteiger partial charge is 0.408 e. The van der Waals surface area contributed by atoms with Gasteiger partial charge >= 0.3 is 12.2 Å². The molecule has 132 valence electrons. The van der Waals surface area contributed by atoms with E-state index < -0.39 is 30.9 Å². The summed E-state index contributed by atoms with van der Waals surface area (Å²) in [4.78, 5) is 11.8. The molecule has 2 aromatic heterocycles. The second-order valence-corrected chi connectivity index (χ2v) is 5.31. The first kappa shape index (κ1) is 17.9. The molecular formula is C14H17F3N4O3. The Hall–Kier alpha value is -2.49. The number of carbonyl (C=O) groups is 1. The molecule has 2 aromatic rings. The van der Waals surface area contributed by atoms with Crippen LogP contribution in [0.2, 0.25) is 0 Å². The van der Waals surface area contributed by atoms with Crippen molar-refractivity contribution < 1.29 is 27.5 Å². The number of aliphatic hydroxyl groups excluding tert-OH is 1. The Morgan fingerprint density at radius 2 is 2.25 bits per heavy atom. The summed E-state index contributed by atoms with van der Waals surface area (Å²) in [6.07, 6.45) is -1.41. The second-order valence-electron chi connectivity index (χ2n) is 5.31. The molecule has 7 nitrogen and oxygen atoms in total. The number of alkyl halides is 3. The van der Waals surface area contributed by atoms with E-state index in [0.29, 0.717) is 10.4 Å². The second kappa shape index (κ2) is 7.39. The highest BCUT2D eigenvalue weighted by atomic mass is 19.4. The lowest BCUT2D eigenvalue weighted by molar-refractivity contribution is -0.142. The van der Waals surface area contributed by atoms with Gasteiger partial charge in [-0.1, -0.05) is 0 Å². The molecule has 24 heavy (non-hydrogen) atoms. The standard InChI is InChI=1S/C14H17F3N4O3/c1-9(5-11(22)12-3-2-4-24-12)19-13(23)20-10-6-18-21(7-10)8-14(15,16)17/h2-4,6-7,9,11,22H,5,8H2,1H3,(H2,19,20,23)/t9-,11+/m0/s1. The van der Waals surface area contributed by atoms with Gasteiger partial charge in [0.2, 0.25) is 0 Å². The number of hydrogen-bond acceptors (Lipinski definition) is 4. The van der Waals surface area contributed by atoms with Gasteiger partial charge in [0.05, 0.1) is 18.1 Å². The number of urea groups is 1. The lowest BCUT2D eigenvalue weighted by atomic mass is 10.1. The van der Waals surface area contributed by atoms with Crippen molar-refractivity contribution in [3.05, 3.63) is 36.5 Å². The Bertz CT molecular complexity index is 655. The Balaban J connectivity index is 1.80. The summed E-state index contributed by atoms with van der Waals surface area (Å²) >= 11 is 0. The molecular weight excluding hydrogens is 329 g/mol. The number of nitrogens with zero attached hydrogens (tertiary/aromatic N) is 2. The van der Waals surface area contributed by atoms with Crippen molar-refractivity contribution in [2.75, 3.05) is 5.32 Å². The average molecular weight is 346 g/mol. The third-order valence-corrected chi connectivity index (χ3v) is 3.06. The lowest BCUT2D eigenvalue weighted by Crippen LogP contribution is -2.36. The quantitative estimate of drug-likeness (QED) is 0.750. The number of anilines is 1. The summed E-state index contributed by atoms with van der Waals surface area (Å²) < 4.78 is 42.4. The number of halogens is 3. The van der Waals surface area contributed by atoms with Crippen molar-refractivity contribution in [1.29, 1.82) is 0 Å². The summed E-state index contributed by atoms with van der Waals surface area (Å²) in [6.45, 7) is 0.445. The van der Waals surface area contributed by atoms with E-state index in [1.807, 2.05) is 0 Å². The highest BCUT2D eigenvalue weighted by Crippen LogP contribution is 2.19. The van der Waals surface area contributed by atoms with Gasteiger partial charge in [0.1, 0.15) is 18.4 Å².